The summed E-state index contributed by atoms with van der Waals surface area (Å²) in [5.41, 5.74) is 0.807. The molecule has 5 heteroatoms. The van der Waals surface area contributed by atoms with Crippen molar-refractivity contribution in [2.24, 2.45) is 0 Å². The molecule has 1 amide bonds. The molecule has 1 aliphatic rings. The minimum Gasteiger partial charge on any atom is -0.388 e. The van der Waals surface area contributed by atoms with Crippen molar-refractivity contribution in [3.05, 3.63) is 35.4 Å². The monoisotopic (exact) mass is 232 g/mol. The zero-order valence-corrected chi connectivity index (χ0v) is 9.08. The molecule has 5 nitrogen and oxygen atoms in total. The lowest BCUT2D eigenvalue weighted by molar-refractivity contribution is 0.0572. The Morgan fingerprint density at radius 2 is 2.00 bits per heavy atom. The van der Waals surface area contributed by atoms with Gasteiger partial charge in [-0.05, 0) is 18.2 Å². The maximum Gasteiger partial charge on any atom is 0.254 e. The van der Waals surface area contributed by atoms with Gasteiger partial charge in [0.15, 0.2) is 0 Å². The van der Waals surface area contributed by atoms with Crippen LogP contribution >= 0.6 is 0 Å². The van der Waals surface area contributed by atoms with Gasteiger partial charge < -0.3 is 15.1 Å². The maximum absolute atomic E-state index is 12.0. The molecule has 1 saturated heterocycles. The van der Waals surface area contributed by atoms with Crippen molar-refractivity contribution < 1.29 is 15.0 Å². The molecule has 0 aromatic heterocycles. The van der Waals surface area contributed by atoms with Crippen molar-refractivity contribution in [1.82, 2.24) is 4.90 Å². The normalized spacial score (nSPS) is 23.5. The van der Waals surface area contributed by atoms with Gasteiger partial charge in [0.05, 0.1) is 23.8 Å². The standard InChI is InChI=1S/C12H12N2O3/c13-5-8-2-1-3-9(4-8)12(17)14-6-10(15)11(16)7-14/h1-4,10-11,15-16H,6-7H2. The molecule has 1 aliphatic heterocycles. The molecule has 1 heterocycles. The van der Waals surface area contributed by atoms with E-state index in [4.69, 9.17) is 5.26 Å². The highest BCUT2D eigenvalue weighted by molar-refractivity contribution is 5.94. The number of likely N-dealkylation sites (tertiary alicyclic amines) is 1. The zero-order valence-electron chi connectivity index (χ0n) is 9.08. The van der Waals surface area contributed by atoms with Gasteiger partial charge in [0.25, 0.3) is 5.91 Å². The summed E-state index contributed by atoms with van der Waals surface area (Å²) in [6.07, 6.45) is -1.78. The molecule has 2 rings (SSSR count). The number of rotatable bonds is 1. The summed E-state index contributed by atoms with van der Waals surface area (Å²) in [5, 5.41) is 27.5. The maximum atomic E-state index is 12.0. The quantitative estimate of drug-likeness (QED) is 0.698. The molecular formula is C12H12N2O3. The third-order valence-corrected chi connectivity index (χ3v) is 2.78. The second-order valence-corrected chi connectivity index (χ2v) is 4.04. The van der Waals surface area contributed by atoms with Gasteiger partial charge in [-0.2, -0.15) is 5.26 Å². The molecule has 0 radical (unpaired) electrons. The molecule has 17 heavy (non-hydrogen) atoms. The van der Waals surface area contributed by atoms with E-state index in [1.807, 2.05) is 6.07 Å². The number of benzene rings is 1. The van der Waals surface area contributed by atoms with Gasteiger partial charge in [0.1, 0.15) is 0 Å². The zero-order chi connectivity index (χ0) is 12.4. The van der Waals surface area contributed by atoms with Crippen molar-refractivity contribution >= 4 is 5.91 Å². The molecule has 0 bridgehead atoms. The van der Waals surface area contributed by atoms with Gasteiger partial charge >= 0.3 is 0 Å². The van der Waals surface area contributed by atoms with E-state index in [2.05, 4.69) is 0 Å². The highest BCUT2D eigenvalue weighted by Gasteiger charge is 2.32. The fraction of sp³-hybridized carbons (Fsp3) is 0.333. The summed E-state index contributed by atoms with van der Waals surface area (Å²) >= 11 is 0. The highest BCUT2D eigenvalue weighted by atomic mass is 16.3. The fourth-order valence-electron chi connectivity index (χ4n) is 1.84. The number of β-amino-alcohol motifs (C(OH)–C–C–N with tert-alkyl or cyclic N) is 2. The van der Waals surface area contributed by atoms with E-state index in [-0.39, 0.29) is 19.0 Å². The molecule has 1 aromatic carbocycles. The van der Waals surface area contributed by atoms with E-state index in [9.17, 15) is 15.0 Å². The van der Waals surface area contributed by atoms with Gasteiger partial charge in [0.2, 0.25) is 0 Å². The first-order chi connectivity index (χ1) is 8.11. The number of hydrogen-bond acceptors (Lipinski definition) is 4. The number of amides is 1. The Morgan fingerprint density at radius 3 is 2.59 bits per heavy atom. The van der Waals surface area contributed by atoms with Crippen LogP contribution in [0.1, 0.15) is 15.9 Å². The minimum absolute atomic E-state index is 0.122. The van der Waals surface area contributed by atoms with Crippen LogP contribution < -0.4 is 0 Å². The molecule has 0 spiro atoms. The molecule has 1 fully saturated rings. The molecule has 1 aromatic rings. The van der Waals surface area contributed by atoms with Crippen LogP contribution in [-0.4, -0.2) is 46.3 Å². The Morgan fingerprint density at radius 1 is 1.35 bits per heavy atom. The number of aliphatic hydroxyl groups excluding tert-OH is 2. The van der Waals surface area contributed by atoms with E-state index in [1.165, 1.54) is 11.0 Å². The SMILES string of the molecule is N#Cc1cccc(C(=O)N2CC(O)C(O)C2)c1. The summed E-state index contributed by atoms with van der Waals surface area (Å²) < 4.78 is 0. The third-order valence-electron chi connectivity index (χ3n) is 2.78. The van der Waals surface area contributed by atoms with Crippen molar-refractivity contribution in [3.8, 4) is 6.07 Å². The first-order valence-electron chi connectivity index (χ1n) is 5.27. The minimum atomic E-state index is -0.891. The van der Waals surface area contributed by atoms with Crippen LogP contribution in [0.25, 0.3) is 0 Å². The number of carbonyl (C=O) groups is 1. The van der Waals surface area contributed by atoms with Gasteiger partial charge in [-0.3, -0.25) is 4.79 Å². The van der Waals surface area contributed by atoms with Crippen LogP contribution in [-0.2, 0) is 0 Å². The van der Waals surface area contributed by atoms with E-state index in [0.717, 1.165) is 0 Å². The van der Waals surface area contributed by atoms with Crippen LogP contribution in [0.2, 0.25) is 0 Å². The molecule has 2 unspecified atom stereocenters. The Labute approximate surface area is 98.5 Å². The van der Waals surface area contributed by atoms with E-state index in [0.29, 0.717) is 11.1 Å². The summed E-state index contributed by atoms with van der Waals surface area (Å²) in [5.74, 6) is -0.280. The largest absolute Gasteiger partial charge is 0.388 e. The lowest BCUT2D eigenvalue weighted by Gasteiger charge is -2.15. The van der Waals surface area contributed by atoms with Crippen LogP contribution in [0, 0.1) is 11.3 Å². The van der Waals surface area contributed by atoms with E-state index in [1.54, 1.807) is 18.2 Å². The van der Waals surface area contributed by atoms with Crippen LogP contribution in [0.3, 0.4) is 0 Å². The summed E-state index contributed by atoms with van der Waals surface area (Å²) in [6, 6.07) is 8.32. The second-order valence-electron chi connectivity index (χ2n) is 4.04. The molecule has 0 saturated carbocycles. The van der Waals surface area contributed by atoms with Crippen molar-refractivity contribution in [2.75, 3.05) is 13.1 Å². The number of carbonyl (C=O) groups excluding carboxylic acids is 1. The van der Waals surface area contributed by atoms with Crippen LogP contribution in [0.5, 0.6) is 0 Å². The Kier molecular flexibility index (Phi) is 3.09. The topological polar surface area (TPSA) is 84.6 Å². The van der Waals surface area contributed by atoms with E-state index >= 15 is 0 Å². The molecule has 88 valence electrons. The predicted molar refractivity (Wildman–Crippen MR) is 59.1 cm³/mol. The highest BCUT2D eigenvalue weighted by Crippen LogP contribution is 2.15. The summed E-state index contributed by atoms with van der Waals surface area (Å²) in [7, 11) is 0. The molecule has 2 N–H and O–H groups in total. The first kappa shape index (κ1) is 11.6. The van der Waals surface area contributed by atoms with Gasteiger partial charge in [-0.15, -0.1) is 0 Å². The number of nitrogens with zero attached hydrogens (tertiary/aromatic N) is 2. The smallest absolute Gasteiger partial charge is 0.254 e. The van der Waals surface area contributed by atoms with Crippen LogP contribution in [0.15, 0.2) is 24.3 Å². The number of hydrogen-bond donors (Lipinski definition) is 2. The number of aliphatic hydroxyl groups is 2. The Hall–Kier alpha value is -1.90. The number of nitriles is 1. The summed E-state index contributed by atoms with van der Waals surface area (Å²) in [6.45, 7) is 0.244. The van der Waals surface area contributed by atoms with Gasteiger partial charge in [-0.1, -0.05) is 6.07 Å². The van der Waals surface area contributed by atoms with Crippen LogP contribution in [0.4, 0.5) is 0 Å². The molecule has 2 atom stereocenters. The third kappa shape index (κ3) is 2.28. The lowest BCUT2D eigenvalue weighted by atomic mass is 10.1. The molecular weight excluding hydrogens is 220 g/mol. The van der Waals surface area contributed by atoms with Gasteiger partial charge in [-0.25, -0.2) is 0 Å². The van der Waals surface area contributed by atoms with Gasteiger partial charge in [0, 0.05) is 18.7 Å². The van der Waals surface area contributed by atoms with Crippen molar-refractivity contribution in [2.45, 2.75) is 12.2 Å². The van der Waals surface area contributed by atoms with Crippen molar-refractivity contribution in [1.29, 1.82) is 5.26 Å². The second kappa shape index (κ2) is 4.53. The predicted octanol–water partition coefficient (Wildman–Crippen LogP) is -0.264. The van der Waals surface area contributed by atoms with Crippen molar-refractivity contribution in [3.63, 3.8) is 0 Å². The molecule has 0 aliphatic carbocycles. The fourth-order valence-corrected chi connectivity index (χ4v) is 1.84. The Bertz CT molecular complexity index is 471. The first-order valence-corrected chi connectivity index (χ1v) is 5.27. The summed E-state index contributed by atoms with van der Waals surface area (Å²) in [4.78, 5) is 13.4. The average molecular weight is 232 g/mol. The Balaban J connectivity index is 2.18. The van der Waals surface area contributed by atoms with E-state index < -0.39 is 12.2 Å². The lowest BCUT2D eigenvalue weighted by Crippen LogP contribution is -2.29. The average Bonchev–Trinajstić information content (AvgIpc) is 2.69.